The summed E-state index contributed by atoms with van der Waals surface area (Å²) < 4.78 is 0.913. The summed E-state index contributed by atoms with van der Waals surface area (Å²) in [6.07, 6.45) is 1.63. The predicted octanol–water partition coefficient (Wildman–Crippen LogP) is 4.31. The summed E-state index contributed by atoms with van der Waals surface area (Å²) >= 11 is 3.38. The van der Waals surface area contributed by atoms with E-state index in [0.29, 0.717) is 5.69 Å². The van der Waals surface area contributed by atoms with Crippen LogP contribution in [0.4, 0.5) is 11.4 Å². The molecule has 2 aromatic rings. The number of benzene rings is 1. The third-order valence-corrected chi connectivity index (χ3v) is 3.09. The molecule has 0 saturated carbocycles. The van der Waals surface area contributed by atoms with Gasteiger partial charge in [-0.2, -0.15) is 0 Å². The predicted molar refractivity (Wildman–Crippen MR) is 89.7 cm³/mol. The molecule has 110 valence electrons. The molecule has 0 saturated heterocycles. The molecule has 5 heteroatoms. The van der Waals surface area contributed by atoms with Crippen molar-refractivity contribution in [2.24, 2.45) is 0 Å². The van der Waals surface area contributed by atoms with Crippen molar-refractivity contribution in [2.75, 3.05) is 10.6 Å². The van der Waals surface area contributed by atoms with Crippen LogP contribution >= 0.6 is 15.9 Å². The zero-order valence-corrected chi connectivity index (χ0v) is 13.9. The quantitative estimate of drug-likeness (QED) is 0.869. The molecule has 0 aliphatic carbocycles. The van der Waals surface area contributed by atoms with Crippen LogP contribution in [0.5, 0.6) is 0 Å². The molecule has 0 bridgehead atoms. The highest BCUT2D eigenvalue weighted by Crippen LogP contribution is 2.18. The number of rotatable bonds is 3. The molecule has 0 spiro atoms. The van der Waals surface area contributed by atoms with Gasteiger partial charge in [0.25, 0.3) is 5.91 Å². The molecule has 21 heavy (non-hydrogen) atoms. The van der Waals surface area contributed by atoms with Crippen molar-refractivity contribution < 1.29 is 4.79 Å². The number of hydrogen-bond donors (Lipinski definition) is 2. The average Bonchev–Trinajstić information content (AvgIpc) is 2.37. The Balaban J connectivity index is 2.14. The summed E-state index contributed by atoms with van der Waals surface area (Å²) in [5, 5.41) is 6.15. The molecule has 4 nitrogen and oxygen atoms in total. The third kappa shape index (κ3) is 4.86. The first-order valence-electron chi connectivity index (χ1n) is 6.65. The topological polar surface area (TPSA) is 54.0 Å². The normalized spacial score (nSPS) is 11.0. The minimum atomic E-state index is -0.231. The van der Waals surface area contributed by atoms with Crippen LogP contribution in [-0.4, -0.2) is 16.4 Å². The largest absolute Gasteiger partial charge is 0.380 e. The molecule has 2 N–H and O–H groups in total. The van der Waals surface area contributed by atoms with Crippen LogP contribution < -0.4 is 10.6 Å². The molecule has 2 rings (SSSR count). The number of carbonyl (C=O) groups excluding carboxylic acids is 1. The van der Waals surface area contributed by atoms with Crippen molar-refractivity contribution in [3.63, 3.8) is 0 Å². The van der Waals surface area contributed by atoms with Crippen molar-refractivity contribution in [2.45, 2.75) is 26.3 Å². The Bertz CT molecular complexity index is 650. The van der Waals surface area contributed by atoms with Crippen LogP contribution in [0.15, 0.2) is 47.1 Å². The Morgan fingerprint density at radius 3 is 2.57 bits per heavy atom. The minimum Gasteiger partial charge on any atom is -0.380 e. The Morgan fingerprint density at radius 2 is 1.90 bits per heavy atom. The van der Waals surface area contributed by atoms with Gasteiger partial charge >= 0.3 is 0 Å². The number of nitrogens with one attached hydrogen (secondary N) is 2. The third-order valence-electron chi connectivity index (χ3n) is 2.59. The van der Waals surface area contributed by atoms with Crippen molar-refractivity contribution in [1.29, 1.82) is 0 Å². The van der Waals surface area contributed by atoms with E-state index in [0.717, 1.165) is 15.8 Å². The molecule has 1 aromatic heterocycles. The first-order chi connectivity index (χ1) is 9.83. The Kier molecular flexibility index (Phi) is 4.63. The molecule has 0 aliphatic rings. The van der Waals surface area contributed by atoms with E-state index in [9.17, 15) is 4.79 Å². The number of halogens is 1. The second-order valence-electron chi connectivity index (χ2n) is 5.77. The number of aromatic nitrogens is 1. The van der Waals surface area contributed by atoms with Crippen molar-refractivity contribution in [3.8, 4) is 0 Å². The molecule has 0 fully saturated rings. The lowest BCUT2D eigenvalue weighted by molar-refractivity contribution is 0.102. The van der Waals surface area contributed by atoms with Gasteiger partial charge in [-0.1, -0.05) is 22.0 Å². The Hall–Kier alpha value is -1.88. The van der Waals surface area contributed by atoms with Crippen LogP contribution in [-0.2, 0) is 0 Å². The van der Waals surface area contributed by atoms with E-state index < -0.39 is 0 Å². The fourth-order valence-electron chi connectivity index (χ4n) is 1.83. The van der Waals surface area contributed by atoms with E-state index in [1.807, 2.05) is 30.3 Å². The van der Waals surface area contributed by atoms with Crippen LogP contribution in [0.1, 0.15) is 31.3 Å². The lowest BCUT2D eigenvalue weighted by Gasteiger charge is -2.22. The van der Waals surface area contributed by atoms with E-state index in [-0.39, 0.29) is 11.4 Å². The maximum Gasteiger partial charge on any atom is 0.274 e. The van der Waals surface area contributed by atoms with E-state index in [1.54, 1.807) is 12.3 Å². The number of hydrogen-bond acceptors (Lipinski definition) is 3. The van der Waals surface area contributed by atoms with Gasteiger partial charge in [-0.05, 0) is 51.1 Å². The van der Waals surface area contributed by atoms with Crippen molar-refractivity contribution >= 4 is 33.2 Å². The summed E-state index contributed by atoms with van der Waals surface area (Å²) in [7, 11) is 0. The summed E-state index contributed by atoms with van der Waals surface area (Å²) in [6.45, 7) is 6.19. The molecular weight excluding hydrogens is 330 g/mol. The van der Waals surface area contributed by atoms with Gasteiger partial charge in [0.05, 0.1) is 0 Å². The van der Waals surface area contributed by atoms with Gasteiger partial charge in [0.15, 0.2) is 0 Å². The second kappa shape index (κ2) is 6.26. The molecule has 0 radical (unpaired) electrons. The molecule has 1 heterocycles. The van der Waals surface area contributed by atoms with E-state index in [4.69, 9.17) is 0 Å². The first kappa shape index (κ1) is 15.5. The number of pyridine rings is 1. The molecule has 0 aliphatic heterocycles. The van der Waals surface area contributed by atoms with Gasteiger partial charge in [-0.3, -0.25) is 9.78 Å². The number of carbonyl (C=O) groups is 1. The van der Waals surface area contributed by atoms with Gasteiger partial charge in [0.2, 0.25) is 0 Å². The molecule has 0 unspecified atom stereocenters. The number of anilines is 2. The van der Waals surface area contributed by atoms with E-state index in [2.05, 4.69) is 52.3 Å². The average molecular weight is 348 g/mol. The SMILES string of the molecule is CC(C)(C)Nc1ccnc(C(=O)Nc2cccc(Br)c2)c1. The maximum atomic E-state index is 12.2. The molecular formula is C16H18BrN3O. The van der Waals surface area contributed by atoms with E-state index >= 15 is 0 Å². The Labute approximate surface area is 133 Å². The summed E-state index contributed by atoms with van der Waals surface area (Å²) in [5.41, 5.74) is 1.91. The maximum absolute atomic E-state index is 12.2. The number of amides is 1. The fourth-order valence-corrected chi connectivity index (χ4v) is 2.23. The summed E-state index contributed by atoms with van der Waals surface area (Å²) in [4.78, 5) is 16.4. The van der Waals surface area contributed by atoms with Crippen LogP contribution in [0.25, 0.3) is 0 Å². The van der Waals surface area contributed by atoms with Crippen LogP contribution in [0.2, 0.25) is 0 Å². The smallest absolute Gasteiger partial charge is 0.274 e. The standard InChI is InChI=1S/C16H18BrN3O/c1-16(2,3)20-13-7-8-18-14(10-13)15(21)19-12-6-4-5-11(17)9-12/h4-10H,1-3H3,(H,18,20)(H,19,21). The first-order valence-corrected chi connectivity index (χ1v) is 7.44. The monoisotopic (exact) mass is 347 g/mol. The zero-order valence-electron chi connectivity index (χ0n) is 12.3. The fraction of sp³-hybridized carbons (Fsp3) is 0.250. The van der Waals surface area contributed by atoms with Gasteiger partial charge in [0, 0.05) is 27.6 Å². The summed E-state index contributed by atoms with van der Waals surface area (Å²) in [6, 6.07) is 11.0. The van der Waals surface area contributed by atoms with E-state index in [1.165, 1.54) is 0 Å². The zero-order chi connectivity index (χ0) is 15.5. The van der Waals surface area contributed by atoms with Crippen molar-refractivity contribution in [3.05, 3.63) is 52.8 Å². The van der Waals surface area contributed by atoms with Gasteiger partial charge in [-0.25, -0.2) is 0 Å². The summed E-state index contributed by atoms with van der Waals surface area (Å²) in [5.74, 6) is -0.231. The van der Waals surface area contributed by atoms with Crippen LogP contribution in [0.3, 0.4) is 0 Å². The lowest BCUT2D eigenvalue weighted by atomic mass is 10.1. The van der Waals surface area contributed by atoms with Gasteiger partial charge in [-0.15, -0.1) is 0 Å². The van der Waals surface area contributed by atoms with Crippen LogP contribution in [0, 0.1) is 0 Å². The highest BCUT2D eigenvalue weighted by molar-refractivity contribution is 9.10. The molecule has 0 atom stereocenters. The minimum absolute atomic E-state index is 0.0700. The molecule has 1 amide bonds. The lowest BCUT2D eigenvalue weighted by Crippen LogP contribution is -2.26. The molecule has 1 aromatic carbocycles. The Morgan fingerprint density at radius 1 is 1.14 bits per heavy atom. The highest BCUT2D eigenvalue weighted by atomic mass is 79.9. The highest BCUT2D eigenvalue weighted by Gasteiger charge is 2.12. The van der Waals surface area contributed by atoms with Crippen molar-refractivity contribution in [1.82, 2.24) is 4.98 Å². The van der Waals surface area contributed by atoms with Gasteiger partial charge < -0.3 is 10.6 Å². The second-order valence-corrected chi connectivity index (χ2v) is 6.68. The van der Waals surface area contributed by atoms with Gasteiger partial charge in [0.1, 0.15) is 5.69 Å². The number of nitrogens with zero attached hydrogens (tertiary/aromatic N) is 1.